The molecule has 0 spiro atoms. The highest BCUT2D eigenvalue weighted by Gasteiger charge is 2.20. The van der Waals surface area contributed by atoms with Crippen LogP contribution < -0.4 is 9.47 Å². The van der Waals surface area contributed by atoms with Crippen LogP contribution >= 0.6 is 11.6 Å². The molecule has 0 aliphatic heterocycles. The molecule has 0 aliphatic rings. The van der Waals surface area contributed by atoms with Gasteiger partial charge in [0.1, 0.15) is 0 Å². The Morgan fingerprint density at radius 3 is 2.50 bits per heavy atom. The number of nitro benzene ring substituents is 1. The SMILES string of the molecule is COCCCN(C)C(=O)c1ccc(Oc2ccc(Cl)cc2[N+](=O)[O-])c(OC)c1. The molecule has 28 heavy (non-hydrogen) atoms. The molecule has 0 saturated heterocycles. The van der Waals surface area contributed by atoms with Gasteiger partial charge in [-0.1, -0.05) is 11.6 Å². The number of nitrogens with zero attached hydrogens (tertiary/aromatic N) is 2. The molecular weight excluding hydrogens is 388 g/mol. The van der Waals surface area contributed by atoms with Gasteiger partial charge in [-0.25, -0.2) is 0 Å². The van der Waals surface area contributed by atoms with E-state index in [9.17, 15) is 14.9 Å². The van der Waals surface area contributed by atoms with E-state index in [0.29, 0.717) is 18.7 Å². The molecule has 2 aromatic carbocycles. The van der Waals surface area contributed by atoms with Gasteiger partial charge in [0, 0.05) is 44.0 Å². The standard InChI is InChI=1S/C19H21ClN2O6/c1-21(9-4-10-26-2)19(23)13-5-7-17(18(11-13)27-3)28-16-8-6-14(20)12-15(16)22(24)25/h5-8,11-12H,4,9-10H2,1-3H3. The van der Waals surface area contributed by atoms with Gasteiger partial charge < -0.3 is 19.1 Å². The lowest BCUT2D eigenvalue weighted by atomic mass is 10.1. The van der Waals surface area contributed by atoms with Gasteiger partial charge in [-0.05, 0) is 36.8 Å². The Balaban J connectivity index is 2.24. The minimum Gasteiger partial charge on any atom is -0.493 e. The van der Waals surface area contributed by atoms with E-state index in [0.717, 1.165) is 6.42 Å². The molecule has 0 fully saturated rings. The molecule has 1 amide bonds. The van der Waals surface area contributed by atoms with Crippen molar-refractivity contribution >= 4 is 23.2 Å². The largest absolute Gasteiger partial charge is 0.493 e. The number of methoxy groups -OCH3 is 2. The van der Waals surface area contributed by atoms with Gasteiger partial charge in [-0.15, -0.1) is 0 Å². The zero-order valence-corrected chi connectivity index (χ0v) is 16.6. The smallest absolute Gasteiger partial charge is 0.313 e. The van der Waals surface area contributed by atoms with Gasteiger partial charge in [-0.3, -0.25) is 14.9 Å². The maximum Gasteiger partial charge on any atom is 0.313 e. The second kappa shape index (κ2) is 9.91. The zero-order chi connectivity index (χ0) is 20.7. The zero-order valence-electron chi connectivity index (χ0n) is 15.8. The van der Waals surface area contributed by atoms with Gasteiger partial charge in [0.15, 0.2) is 11.5 Å². The summed E-state index contributed by atoms with van der Waals surface area (Å²) in [4.78, 5) is 24.8. The molecule has 0 saturated carbocycles. The number of amides is 1. The molecule has 0 bridgehead atoms. The molecule has 0 radical (unpaired) electrons. The topological polar surface area (TPSA) is 91.1 Å². The minimum atomic E-state index is -0.583. The summed E-state index contributed by atoms with van der Waals surface area (Å²) >= 11 is 5.82. The second-order valence-electron chi connectivity index (χ2n) is 5.91. The quantitative estimate of drug-likeness (QED) is 0.351. The predicted octanol–water partition coefficient (Wildman–Crippen LogP) is 4.16. The van der Waals surface area contributed by atoms with Crippen LogP contribution in [0, 0.1) is 10.1 Å². The molecular formula is C19H21ClN2O6. The number of hydrogen-bond donors (Lipinski definition) is 0. The van der Waals surface area contributed by atoms with E-state index < -0.39 is 4.92 Å². The monoisotopic (exact) mass is 408 g/mol. The third-order valence-corrected chi connectivity index (χ3v) is 4.17. The highest BCUT2D eigenvalue weighted by Crippen LogP contribution is 2.38. The van der Waals surface area contributed by atoms with Crippen LogP contribution in [0.3, 0.4) is 0 Å². The van der Waals surface area contributed by atoms with E-state index in [1.165, 1.54) is 37.4 Å². The van der Waals surface area contributed by atoms with E-state index in [-0.39, 0.29) is 33.9 Å². The third kappa shape index (κ3) is 5.34. The summed E-state index contributed by atoms with van der Waals surface area (Å²) < 4.78 is 15.9. The highest BCUT2D eigenvalue weighted by atomic mass is 35.5. The normalized spacial score (nSPS) is 10.4. The number of nitro groups is 1. The Morgan fingerprint density at radius 2 is 1.86 bits per heavy atom. The summed E-state index contributed by atoms with van der Waals surface area (Å²) in [5.41, 5.74) is 0.141. The van der Waals surface area contributed by atoms with E-state index in [1.807, 2.05) is 0 Å². The number of hydrogen-bond acceptors (Lipinski definition) is 6. The van der Waals surface area contributed by atoms with Gasteiger partial charge in [-0.2, -0.15) is 0 Å². The van der Waals surface area contributed by atoms with Crippen LogP contribution in [0.1, 0.15) is 16.8 Å². The van der Waals surface area contributed by atoms with Crippen LogP contribution in [0.5, 0.6) is 17.2 Å². The fourth-order valence-corrected chi connectivity index (χ4v) is 2.66. The van der Waals surface area contributed by atoms with Crippen LogP contribution in [0.15, 0.2) is 36.4 Å². The van der Waals surface area contributed by atoms with Crippen molar-refractivity contribution < 1.29 is 23.9 Å². The Labute approximate surface area is 167 Å². The minimum absolute atomic E-state index is 0.0171. The Kier molecular flexibility index (Phi) is 7.60. The van der Waals surface area contributed by atoms with E-state index >= 15 is 0 Å². The van der Waals surface area contributed by atoms with Crippen LogP contribution in [0.25, 0.3) is 0 Å². The number of ether oxygens (including phenoxy) is 3. The van der Waals surface area contributed by atoms with Crippen molar-refractivity contribution in [3.63, 3.8) is 0 Å². The molecule has 150 valence electrons. The number of halogens is 1. The molecule has 0 heterocycles. The van der Waals surface area contributed by atoms with E-state index in [2.05, 4.69) is 0 Å². The van der Waals surface area contributed by atoms with Crippen molar-refractivity contribution in [3.05, 3.63) is 57.1 Å². The number of carbonyl (C=O) groups excluding carboxylic acids is 1. The summed E-state index contributed by atoms with van der Waals surface area (Å²) in [6.45, 7) is 1.11. The molecule has 2 aromatic rings. The van der Waals surface area contributed by atoms with Crippen molar-refractivity contribution in [1.82, 2.24) is 4.90 Å². The van der Waals surface area contributed by atoms with Crippen LogP contribution in [0.4, 0.5) is 5.69 Å². The van der Waals surface area contributed by atoms with Crippen molar-refractivity contribution in [2.45, 2.75) is 6.42 Å². The van der Waals surface area contributed by atoms with Gasteiger partial charge in [0.05, 0.1) is 12.0 Å². The number of carbonyl (C=O) groups is 1. The predicted molar refractivity (Wildman–Crippen MR) is 105 cm³/mol. The van der Waals surface area contributed by atoms with Crippen LogP contribution in [-0.2, 0) is 4.74 Å². The van der Waals surface area contributed by atoms with Gasteiger partial charge in [0.2, 0.25) is 5.75 Å². The molecule has 0 unspecified atom stereocenters. The molecule has 0 atom stereocenters. The molecule has 8 nitrogen and oxygen atoms in total. The number of benzene rings is 2. The number of rotatable bonds is 9. The fraction of sp³-hybridized carbons (Fsp3) is 0.316. The van der Waals surface area contributed by atoms with E-state index in [1.54, 1.807) is 25.1 Å². The van der Waals surface area contributed by atoms with Crippen molar-refractivity contribution in [2.75, 3.05) is 34.4 Å². The Hall–Kier alpha value is -2.84. The maximum absolute atomic E-state index is 12.5. The maximum atomic E-state index is 12.5. The molecule has 2 rings (SSSR count). The lowest BCUT2D eigenvalue weighted by Crippen LogP contribution is -2.28. The first-order valence-corrected chi connectivity index (χ1v) is 8.79. The summed E-state index contributed by atoms with van der Waals surface area (Å²) in [6, 6.07) is 8.75. The summed E-state index contributed by atoms with van der Waals surface area (Å²) in [7, 11) is 4.73. The lowest BCUT2D eigenvalue weighted by Gasteiger charge is -2.18. The second-order valence-corrected chi connectivity index (χ2v) is 6.35. The molecule has 0 aliphatic carbocycles. The van der Waals surface area contributed by atoms with Crippen molar-refractivity contribution in [2.24, 2.45) is 0 Å². The van der Waals surface area contributed by atoms with E-state index in [4.69, 9.17) is 25.8 Å². The summed E-state index contributed by atoms with van der Waals surface area (Å²) in [6.07, 6.45) is 0.720. The summed E-state index contributed by atoms with van der Waals surface area (Å²) in [5.74, 6) is 0.355. The van der Waals surface area contributed by atoms with Crippen molar-refractivity contribution in [3.8, 4) is 17.2 Å². The summed E-state index contributed by atoms with van der Waals surface area (Å²) in [5, 5.41) is 11.4. The van der Waals surface area contributed by atoms with Gasteiger partial charge in [0.25, 0.3) is 5.91 Å². The Morgan fingerprint density at radius 1 is 1.14 bits per heavy atom. The first kappa shape index (κ1) is 21.5. The molecule has 0 N–H and O–H groups in total. The highest BCUT2D eigenvalue weighted by molar-refractivity contribution is 6.30. The fourth-order valence-electron chi connectivity index (χ4n) is 2.49. The average Bonchev–Trinajstić information content (AvgIpc) is 2.68. The lowest BCUT2D eigenvalue weighted by molar-refractivity contribution is -0.385. The van der Waals surface area contributed by atoms with Gasteiger partial charge >= 0.3 is 5.69 Å². The molecule has 9 heteroatoms. The Bertz CT molecular complexity index is 858. The van der Waals surface area contributed by atoms with Crippen LogP contribution in [-0.4, -0.2) is 50.1 Å². The molecule has 0 aromatic heterocycles. The average molecular weight is 409 g/mol. The third-order valence-electron chi connectivity index (χ3n) is 3.94. The van der Waals surface area contributed by atoms with Crippen molar-refractivity contribution in [1.29, 1.82) is 0 Å². The first-order chi connectivity index (χ1) is 13.4. The first-order valence-electron chi connectivity index (χ1n) is 8.41. The van der Waals surface area contributed by atoms with Crippen LogP contribution in [0.2, 0.25) is 5.02 Å².